The topological polar surface area (TPSA) is 49.4 Å². The molecule has 1 aliphatic rings. The molecule has 6 heteroatoms. The van der Waals surface area contributed by atoms with Crippen molar-refractivity contribution < 1.29 is 18.4 Å². The van der Waals surface area contributed by atoms with Crippen LogP contribution >= 0.6 is 0 Å². The summed E-state index contributed by atoms with van der Waals surface area (Å²) in [5, 5.41) is 2.86. The lowest BCUT2D eigenvalue weighted by molar-refractivity contribution is -0.117. The highest BCUT2D eigenvalue weighted by Gasteiger charge is 2.25. The van der Waals surface area contributed by atoms with Crippen molar-refractivity contribution in [1.82, 2.24) is 10.2 Å². The van der Waals surface area contributed by atoms with E-state index in [0.29, 0.717) is 31.5 Å². The second-order valence-corrected chi connectivity index (χ2v) is 6.41. The highest BCUT2D eigenvalue weighted by molar-refractivity contribution is 5.94. The molecule has 2 aromatic rings. The number of carbonyl (C=O) groups excluding carboxylic acids is 2. The van der Waals surface area contributed by atoms with Gasteiger partial charge in [0.25, 0.3) is 5.91 Å². The number of nitrogens with one attached hydrogen (secondary N) is 1. The van der Waals surface area contributed by atoms with Gasteiger partial charge in [0.15, 0.2) is 0 Å². The summed E-state index contributed by atoms with van der Waals surface area (Å²) >= 11 is 0. The molecule has 0 unspecified atom stereocenters. The number of halogens is 2. The second-order valence-electron chi connectivity index (χ2n) is 6.41. The predicted molar refractivity (Wildman–Crippen MR) is 98.9 cm³/mol. The van der Waals surface area contributed by atoms with Gasteiger partial charge >= 0.3 is 0 Å². The Morgan fingerprint density at radius 2 is 1.59 bits per heavy atom. The molecule has 1 fully saturated rings. The Kier molecular flexibility index (Phi) is 5.96. The molecule has 3 rings (SSSR count). The maximum atomic E-state index is 13.8. The third-order valence-corrected chi connectivity index (χ3v) is 4.55. The number of piperidine rings is 1. The molecular weight excluding hydrogens is 350 g/mol. The van der Waals surface area contributed by atoms with Crippen molar-refractivity contribution in [2.24, 2.45) is 0 Å². The molecule has 0 aromatic heterocycles. The highest BCUT2D eigenvalue weighted by Crippen LogP contribution is 2.16. The lowest BCUT2D eigenvalue weighted by atomic mass is 10.0. The summed E-state index contributed by atoms with van der Waals surface area (Å²) in [6.07, 6.45) is 3.90. The van der Waals surface area contributed by atoms with Crippen LogP contribution in [0.15, 0.2) is 54.6 Å². The first-order valence-electron chi connectivity index (χ1n) is 8.81. The number of carbonyl (C=O) groups is 2. The molecule has 0 bridgehead atoms. The van der Waals surface area contributed by atoms with E-state index in [4.69, 9.17) is 0 Å². The first kappa shape index (κ1) is 18.8. The van der Waals surface area contributed by atoms with Gasteiger partial charge in [0, 0.05) is 30.8 Å². The third-order valence-electron chi connectivity index (χ3n) is 4.55. The molecule has 2 amide bonds. The van der Waals surface area contributed by atoms with Crippen LogP contribution in [0, 0.1) is 11.6 Å². The molecule has 0 radical (unpaired) electrons. The van der Waals surface area contributed by atoms with E-state index in [2.05, 4.69) is 5.32 Å². The molecule has 0 aliphatic carbocycles. The molecule has 0 spiro atoms. The van der Waals surface area contributed by atoms with Crippen molar-refractivity contribution in [3.05, 3.63) is 77.4 Å². The Labute approximate surface area is 156 Å². The average Bonchev–Trinajstić information content (AvgIpc) is 2.68. The molecule has 1 N–H and O–H groups in total. The fourth-order valence-electron chi connectivity index (χ4n) is 3.06. The van der Waals surface area contributed by atoms with Crippen LogP contribution in [0.5, 0.6) is 0 Å². The molecular formula is C21H20F2N2O2. The van der Waals surface area contributed by atoms with E-state index in [9.17, 15) is 18.4 Å². The van der Waals surface area contributed by atoms with Crippen LogP contribution < -0.4 is 5.32 Å². The number of hydrogen-bond donors (Lipinski definition) is 1. The largest absolute Gasteiger partial charge is 0.350 e. The molecule has 2 aromatic carbocycles. The summed E-state index contributed by atoms with van der Waals surface area (Å²) < 4.78 is 27.3. The zero-order chi connectivity index (χ0) is 19.2. The fourth-order valence-corrected chi connectivity index (χ4v) is 3.06. The van der Waals surface area contributed by atoms with Gasteiger partial charge in [-0.25, -0.2) is 8.78 Å². The number of rotatable bonds is 4. The van der Waals surface area contributed by atoms with Crippen LogP contribution in [-0.4, -0.2) is 35.8 Å². The standard InChI is InChI=1S/C21H20F2N2O2/c22-18-7-3-1-5-15(18)9-10-20(26)24-16-11-13-25(14-12-16)21(27)17-6-2-4-8-19(17)23/h1-10,16H,11-14H2,(H,24,26). The third kappa shape index (κ3) is 4.78. The van der Waals surface area contributed by atoms with E-state index in [1.165, 1.54) is 30.4 Å². The quantitative estimate of drug-likeness (QED) is 0.839. The number of hydrogen-bond acceptors (Lipinski definition) is 2. The Morgan fingerprint density at radius 3 is 2.26 bits per heavy atom. The zero-order valence-corrected chi connectivity index (χ0v) is 14.7. The Bertz CT molecular complexity index is 859. The van der Waals surface area contributed by atoms with Crippen LogP contribution in [0.2, 0.25) is 0 Å². The van der Waals surface area contributed by atoms with E-state index >= 15 is 0 Å². The van der Waals surface area contributed by atoms with Crippen LogP contribution in [-0.2, 0) is 4.79 Å². The normalized spacial score (nSPS) is 15.1. The Hall–Kier alpha value is -3.02. The van der Waals surface area contributed by atoms with Crippen LogP contribution in [0.3, 0.4) is 0 Å². The minimum Gasteiger partial charge on any atom is -0.350 e. The summed E-state index contributed by atoms with van der Waals surface area (Å²) in [4.78, 5) is 26.0. The van der Waals surface area contributed by atoms with E-state index < -0.39 is 5.82 Å². The van der Waals surface area contributed by atoms with Crippen molar-refractivity contribution in [3.8, 4) is 0 Å². The lowest BCUT2D eigenvalue weighted by Gasteiger charge is -2.32. The maximum absolute atomic E-state index is 13.8. The number of amides is 2. The Morgan fingerprint density at radius 1 is 0.963 bits per heavy atom. The monoisotopic (exact) mass is 370 g/mol. The van der Waals surface area contributed by atoms with Crippen molar-refractivity contribution in [1.29, 1.82) is 0 Å². The molecule has 1 heterocycles. The Balaban J connectivity index is 1.51. The van der Waals surface area contributed by atoms with Gasteiger partial charge in [0.05, 0.1) is 5.56 Å². The van der Waals surface area contributed by atoms with Crippen LogP contribution in [0.1, 0.15) is 28.8 Å². The fraction of sp³-hybridized carbons (Fsp3) is 0.238. The number of nitrogens with zero attached hydrogens (tertiary/aromatic N) is 1. The van der Waals surface area contributed by atoms with Crippen molar-refractivity contribution in [2.45, 2.75) is 18.9 Å². The van der Waals surface area contributed by atoms with E-state index in [1.54, 1.807) is 35.2 Å². The SMILES string of the molecule is O=C(C=Cc1ccccc1F)NC1CCN(C(=O)c2ccccc2F)CC1. The summed E-state index contributed by atoms with van der Waals surface area (Å²) in [7, 11) is 0. The molecule has 0 saturated carbocycles. The first-order valence-corrected chi connectivity index (χ1v) is 8.81. The molecule has 4 nitrogen and oxygen atoms in total. The van der Waals surface area contributed by atoms with Gasteiger partial charge in [0.2, 0.25) is 5.91 Å². The minimum atomic E-state index is -0.531. The molecule has 1 saturated heterocycles. The minimum absolute atomic E-state index is 0.0628. The van der Waals surface area contributed by atoms with Gasteiger partial charge in [-0.3, -0.25) is 9.59 Å². The van der Waals surface area contributed by atoms with Crippen molar-refractivity contribution in [2.75, 3.05) is 13.1 Å². The molecule has 140 valence electrons. The van der Waals surface area contributed by atoms with Gasteiger partial charge in [0.1, 0.15) is 11.6 Å². The van der Waals surface area contributed by atoms with E-state index in [1.807, 2.05) is 0 Å². The molecule has 0 atom stereocenters. The molecule has 27 heavy (non-hydrogen) atoms. The lowest BCUT2D eigenvalue weighted by Crippen LogP contribution is -2.46. The van der Waals surface area contributed by atoms with E-state index in [-0.39, 0.29) is 29.2 Å². The maximum Gasteiger partial charge on any atom is 0.256 e. The zero-order valence-electron chi connectivity index (χ0n) is 14.7. The second kappa shape index (κ2) is 8.58. The summed E-state index contributed by atoms with van der Waals surface area (Å²) in [5.74, 6) is -1.56. The number of benzene rings is 2. The predicted octanol–water partition coefficient (Wildman–Crippen LogP) is 3.40. The molecule has 1 aliphatic heterocycles. The van der Waals surface area contributed by atoms with Gasteiger partial charge in [-0.15, -0.1) is 0 Å². The van der Waals surface area contributed by atoms with Crippen molar-refractivity contribution >= 4 is 17.9 Å². The smallest absolute Gasteiger partial charge is 0.256 e. The summed E-state index contributed by atoms with van der Waals surface area (Å²) in [6, 6.07) is 12.0. The average molecular weight is 370 g/mol. The van der Waals surface area contributed by atoms with Gasteiger partial charge in [-0.2, -0.15) is 0 Å². The van der Waals surface area contributed by atoms with Crippen LogP contribution in [0.4, 0.5) is 8.78 Å². The first-order chi connectivity index (χ1) is 13.0. The number of likely N-dealkylation sites (tertiary alicyclic amines) is 1. The van der Waals surface area contributed by atoms with Crippen LogP contribution in [0.25, 0.3) is 6.08 Å². The van der Waals surface area contributed by atoms with Gasteiger partial charge in [-0.1, -0.05) is 30.3 Å². The summed E-state index contributed by atoms with van der Waals surface area (Å²) in [5.41, 5.74) is 0.408. The van der Waals surface area contributed by atoms with Gasteiger partial charge < -0.3 is 10.2 Å². The van der Waals surface area contributed by atoms with E-state index in [0.717, 1.165) is 0 Å². The summed E-state index contributed by atoms with van der Waals surface area (Å²) in [6.45, 7) is 0.879. The highest BCUT2D eigenvalue weighted by atomic mass is 19.1. The van der Waals surface area contributed by atoms with Gasteiger partial charge in [-0.05, 0) is 37.1 Å². The van der Waals surface area contributed by atoms with Crippen molar-refractivity contribution in [3.63, 3.8) is 0 Å².